The fourth-order valence-electron chi connectivity index (χ4n) is 2.79. The van der Waals surface area contributed by atoms with Crippen LogP contribution in [0, 0.1) is 11.8 Å². The van der Waals surface area contributed by atoms with Crippen LogP contribution < -0.4 is 10.2 Å². The van der Waals surface area contributed by atoms with Gasteiger partial charge in [0.1, 0.15) is 12.0 Å². The van der Waals surface area contributed by atoms with Crippen LogP contribution in [0.25, 0.3) is 0 Å². The Bertz CT molecular complexity index is 647. The van der Waals surface area contributed by atoms with Gasteiger partial charge in [-0.1, -0.05) is 35.8 Å². The number of aliphatic carboxylic acids is 1. The lowest BCUT2D eigenvalue weighted by atomic mass is 10.0. The summed E-state index contributed by atoms with van der Waals surface area (Å²) in [6, 6.07) is 6.34. The van der Waals surface area contributed by atoms with Crippen molar-refractivity contribution in [2.45, 2.75) is 32.7 Å². The van der Waals surface area contributed by atoms with E-state index in [0.29, 0.717) is 19.4 Å². The molecule has 130 valence electrons. The molecule has 1 aromatic carbocycles. The van der Waals surface area contributed by atoms with Crippen molar-refractivity contribution in [2.24, 2.45) is 11.8 Å². The van der Waals surface area contributed by atoms with Crippen LogP contribution in [0.5, 0.6) is 0 Å². The number of anilines is 1. The number of halogens is 1. The maximum absolute atomic E-state index is 12.5. The van der Waals surface area contributed by atoms with Crippen molar-refractivity contribution in [3.63, 3.8) is 0 Å². The van der Waals surface area contributed by atoms with Gasteiger partial charge in [0, 0.05) is 16.7 Å². The molecule has 0 radical (unpaired) electrons. The molecule has 2 N–H and O–H groups in total. The fraction of sp³-hybridized carbons (Fsp3) is 0.471. The molecule has 0 aliphatic carbocycles. The first-order valence-electron chi connectivity index (χ1n) is 7.89. The summed E-state index contributed by atoms with van der Waals surface area (Å²) in [5.74, 6) is -2.59. The van der Waals surface area contributed by atoms with E-state index in [4.69, 9.17) is 0 Å². The number of carboxylic acid groups (broad SMARTS) is 1. The molecule has 1 aliphatic heterocycles. The first-order valence-corrected chi connectivity index (χ1v) is 8.69. The van der Waals surface area contributed by atoms with Gasteiger partial charge < -0.3 is 15.3 Å². The zero-order chi connectivity index (χ0) is 17.9. The third-order valence-corrected chi connectivity index (χ3v) is 4.46. The van der Waals surface area contributed by atoms with Gasteiger partial charge in [-0.15, -0.1) is 0 Å². The van der Waals surface area contributed by atoms with Crippen molar-refractivity contribution in [1.82, 2.24) is 5.32 Å². The Morgan fingerprint density at radius 2 is 2.12 bits per heavy atom. The highest BCUT2D eigenvalue weighted by Gasteiger charge is 2.39. The van der Waals surface area contributed by atoms with E-state index in [2.05, 4.69) is 21.2 Å². The third-order valence-electron chi connectivity index (χ3n) is 3.96. The molecule has 1 fully saturated rings. The largest absolute Gasteiger partial charge is 0.480 e. The molecule has 0 aromatic heterocycles. The quantitative estimate of drug-likeness (QED) is 0.722. The van der Waals surface area contributed by atoms with E-state index in [9.17, 15) is 19.5 Å². The van der Waals surface area contributed by atoms with Gasteiger partial charge in [0.2, 0.25) is 11.8 Å². The van der Waals surface area contributed by atoms with Crippen molar-refractivity contribution >= 4 is 39.4 Å². The summed E-state index contributed by atoms with van der Waals surface area (Å²) in [7, 11) is 0. The van der Waals surface area contributed by atoms with Gasteiger partial charge in [0.05, 0.1) is 0 Å². The van der Waals surface area contributed by atoms with E-state index in [1.807, 2.05) is 38.1 Å². The van der Waals surface area contributed by atoms with Gasteiger partial charge in [0.15, 0.2) is 0 Å². The van der Waals surface area contributed by atoms with Crippen LogP contribution in [0.15, 0.2) is 28.7 Å². The molecule has 1 aliphatic rings. The Morgan fingerprint density at radius 1 is 1.42 bits per heavy atom. The Hall–Kier alpha value is -1.89. The van der Waals surface area contributed by atoms with E-state index >= 15 is 0 Å². The molecule has 2 amide bonds. The molecular weight excluding hydrogens is 376 g/mol. The number of hydrogen-bond acceptors (Lipinski definition) is 3. The monoisotopic (exact) mass is 396 g/mol. The van der Waals surface area contributed by atoms with Gasteiger partial charge >= 0.3 is 5.97 Å². The van der Waals surface area contributed by atoms with Crippen molar-refractivity contribution < 1.29 is 19.5 Å². The molecule has 1 unspecified atom stereocenters. The first-order chi connectivity index (χ1) is 11.3. The zero-order valence-electron chi connectivity index (χ0n) is 13.7. The number of benzene rings is 1. The zero-order valence-corrected chi connectivity index (χ0v) is 15.2. The van der Waals surface area contributed by atoms with Crippen molar-refractivity contribution in [3.05, 3.63) is 28.7 Å². The Labute approximate surface area is 149 Å². The Balaban J connectivity index is 2.06. The van der Waals surface area contributed by atoms with Gasteiger partial charge in [0.25, 0.3) is 0 Å². The smallest absolute Gasteiger partial charge is 0.326 e. The molecule has 0 spiro atoms. The van der Waals surface area contributed by atoms with Crippen LogP contribution in [0.2, 0.25) is 0 Å². The number of nitrogens with zero attached hydrogens (tertiary/aromatic N) is 1. The van der Waals surface area contributed by atoms with Crippen LogP contribution in [-0.2, 0) is 14.4 Å². The minimum absolute atomic E-state index is 0.129. The van der Waals surface area contributed by atoms with E-state index in [1.54, 1.807) is 4.90 Å². The van der Waals surface area contributed by atoms with Crippen LogP contribution in [0.1, 0.15) is 26.7 Å². The second-order valence-corrected chi connectivity index (χ2v) is 7.26. The van der Waals surface area contributed by atoms with Crippen LogP contribution in [-0.4, -0.2) is 35.5 Å². The summed E-state index contributed by atoms with van der Waals surface area (Å²) < 4.78 is 0.851. The summed E-state index contributed by atoms with van der Waals surface area (Å²) in [4.78, 5) is 37.7. The second kappa shape index (κ2) is 7.79. The molecule has 1 aromatic rings. The van der Waals surface area contributed by atoms with Crippen molar-refractivity contribution in [2.75, 3.05) is 11.4 Å². The summed E-state index contributed by atoms with van der Waals surface area (Å²) in [5, 5.41) is 11.7. The van der Waals surface area contributed by atoms with Gasteiger partial charge in [-0.25, -0.2) is 4.79 Å². The molecule has 1 saturated heterocycles. The van der Waals surface area contributed by atoms with Crippen molar-refractivity contribution in [1.29, 1.82) is 0 Å². The van der Waals surface area contributed by atoms with E-state index < -0.39 is 23.8 Å². The predicted molar refractivity (Wildman–Crippen MR) is 93.6 cm³/mol. The Morgan fingerprint density at radius 3 is 2.71 bits per heavy atom. The lowest BCUT2D eigenvalue weighted by molar-refractivity contribution is -0.144. The van der Waals surface area contributed by atoms with Gasteiger partial charge in [-0.05, 0) is 37.0 Å². The highest BCUT2D eigenvalue weighted by Crippen LogP contribution is 2.27. The number of carboxylic acids is 1. The summed E-state index contributed by atoms with van der Waals surface area (Å²) in [6.45, 7) is 4.21. The third kappa shape index (κ3) is 4.35. The van der Waals surface area contributed by atoms with E-state index in [-0.39, 0.29) is 11.8 Å². The maximum atomic E-state index is 12.5. The SMILES string of the molecule is CC(C)C[C@@H](NC(=O)C1CCN(c2cccc(Br)c2)C1=O)C(=O)O. The van der Waals surface area contributed by atoms with Crippen molar-refractivity contribution in [3.8, 4) is 0 Å². The molecule has 7 heteroatoms. The van der Waals surface area contributed by atoms with Crippen LogP contribution >= 0.6 is 15.9 Å². The van der Waals surface area contributed by atoms with Gasteiger partial charge in [-0.2, -0.15) is 0 Å². The standard InChI is InChI=1S/C17H21BrN2O4/c1-10(2)8-14(17(23)24)19-15(21)13-6-7-20(16(13)22)12-5-3-4-11(18)9-12/h3-5,9-10,13-14H,6-8H2,1-2H3,(H,19,21)(H,23,24)/t13?,14-/m1/s1. The fourth-order valence-corrected chi connectivity index (χ4v) is 3.18. The topological polar surface area (TPSA) is 86.7 Å². The summed E-state index contributed by atoms with van der Waals surface area (Å²) in [6.07, 6.45) is 0.711. The molecule has 6 nitrogen and oxygen atoms in total. The minimum Gasteiger partial charge on any atom is -0.480 e. The average molecular weight is 397 g/mol. The highest BCUT2D eigenvalue weighted by molar-refractivity contribution is 9.10. The predicted octanol–water partition coefficient (Wildman–Crippen LogP) is 2.42. The van der Waals surface area contributed by atoms with Gasteiger partial charge in [-0.3, -0.25) is 9.59 Å². The average Bonchev–Trinajstić information content (AvgIpc) is 2.87. The normalized spacial score (nSPS) is 18.8. The molecule has 1 heterocycles. The molecule has 0 saturated carbocycles. The van der Waals surface area contributed by atoms with Crippen LogP contribution in [0.3, 0.4) is 0 Å². The summed E-state index contributed by atoms with van der Waals surface area (Å²) in [5.41, 5.74) is 0.724. The number of carbonyl (C=O) groups excluding carboxylic acids is 2. The number of carbonyl (C=O) groups is 3. The first kappa shape index (κ1) is 18.4. The Kier molecular flexibility index (Phi) is 5.99. The van der Waals surface area contributed by atoms with E-state index in [1.165, 1.54) is 0 Å². The maximum Gasteiger partial charge on any atom is 0.326 e. The second-order valence-electron chi connectivity index (χ2n) is 6.34. The molecule has 2 atom stereocenters. The number of hydrogen-bond donors (Lipinski definition) is 2. The number of rotatable bonds is 6. The minimum atomic E-state index is -1.08. The lowest BCUT2D eigenvalue weighted by Crippen LogP contribution is -2.46. The molecule has 0 bridgehead atoms. The molecule has 2 rings (SSSR count). The molecule has 24 heavy (non-hydrogen) atoms. The number of amides is 2. The molecular formula is C17H21BrN2O4. The number of nitrogens with one attached hydrogen (secondary N) is 1. The lowest BCUT2D eigenvalue weighted by Gasteiger charge is -2.19. The van der Waals surface area contributed by atoms with E-state index in [0.717, 1.165) is 10.2 Å². The summed E-state index contributed by atoms with van der Waals surface area (Å²) >= 11 is 3.36. The highest BCUT2D eigenvalue weighted by atomic mass is 79.9. The van der Waals surface area contributed by atoms with Crippen LogP contribution in [0.4, 0.5) is 5.69 Å².